The number of nitrogens with zero attached hydrogens (tertiary/aromatic N) is 1. The number of amides is 3. The topological polar surface area (TPSA) is 117 Å². The summed E-state index contributed by atoms with van der Waals surface area (Å²) in [5.74, 6) is -1.49. The quantitative estimate of drug-likeness (QED) is 0.453. The molecule has 9 heteroatoms. The minimum absolute atomic E-state index is 0.191. The van der Waals surface area contributed by atoms with Crippen LogP contribution in [0.1, 0.15) is 53.4 Å². The summed E-state index contributed by atoms with van der Waals surface area (Å²) in [4.78, 5) is 42.8. The highest BCUT2D eigenvalue weighted by Crippen LogP contribution is 2.63. The van der Waals surface area contributed by atoms with Gasteiger partial charge in [0.05, 0.1) is 37.2 Å². The number of rotatable bonds is 10. The Bertz CT molecular complexity index is 998. The molecule has 9 nitrogen and oxygen atoms in total. The maximum Gasteiger partial charge on any atom is 0.250 e. The molecule has 3 heterocycles. The van der Waals surface area contributed by atoms with E-state index < -0.39 is 35.1 Å². The summed E-state index contributed by atoms with van der Waals surface area (Å²) in [6, 6.07) is 5.45. The molecule has 2 unspecified atom stereocenters. The predicted octanol–water partition coefficient (Wildman–Crippen LogP) is 2.33. The van der Waals surface area contributed by atoms with E-state index in [2.05, 4.69) is 10.6 Å². The van der Waals surface area contributed by atoms with Crippen LogP contribution in [0.2, 0.25) is 0 Å². The second-order valence-corrected chi connectivity index (χ2v) is 10.9. The smallest absolute Gasteiger partial charge is 0.250 e. The van der Waals surface area contributed by atoms with Crippen LogP contribution in [-0.2, 0) is 19.1 Å². The maximum absolute atomic E-state index is 14.1. The number of methoxy groups -OCH3 is 1. The second kappa shape index (κ2) is 10.0. The van der Waals surface area contributed by atoms with Crippen LogP contribution in [0.4, 0.5) is 5.69 Å². The van der Waals surface area contributed by atoms with Crippen LogP contribution in [0.3, 0.4) is 0 Å². The van der Waals surface area contributed by atoms with Crippen LogP contribution in [0.25, 0.3) is 0 Å². The first-order valence-electron chi connectivity index (χ1n) is 13.0. The molecule has 3 aliphatic heterocycles. The lowest BCUT2D eigenvalue weighted by Gasteiger charge is -2.37. The molecule has 0 radical (unpaired) electrons. The van der Waals surface area contributed by atoms with E-state index in [1.807, 2.05) is 27.7 Å². The molecule has 198 valence electrons. The van der Waals surface area contributed by atoms with Gasteiger partial charge in [-0.3, -0.25) is 14.4 Å². The van der Waals surface area contributed by atoms with Crippen LogP contribution in [0, 0.1) is 17.8 Å². The zero-order valence-electron chi connectivity index (χ0n) is 21.9. The Morgan fingerprint density at radius 1 is 1.22 bits per heavy atom. The number of ether oxygens (including phenoxy) is 2. The van der Waals surface area contributed by atoms with Gasteiger partial charge in [-0.15, -0.1) is 0 Å². The molecule has 3 aliphatic rings. The Hall–Kier alpha value is -2.65. The highest BCUT2D eigenvalue weighted by atomic mass is 16.5. The number of anilines is 1. The third kappa shape index (κ3) is 4.26. The molecular weight excluding hydrogens is 462 g/mol. The Kier molecular flexibility index (Phi) is 7.35. The number of aliphatic hydroxyl groups is 1. The van der Waals surface area contributed by atoms with E-state index in [-0.39, 0.29) is 30.2 Å². The Morgan fingerprint density at radius 2 is 1.92 bits per heavy atom. The van der Waals surface area contributed by atoms with Crippen LogP contribution in [0.5, 0.6) is 5.75 Å². The lowest BCUT2D eigenvalue weighted by atomic mass is 9.66. The van der Waals surface area contributed by atoms with Crippen molar-refractivity contribution in [3.8, 4) is 5.75 Å². The van der Waals surface area contributed by atoms with Gasteiger partial charge in [-0.1, -0.05) is 20.8 Å². The zero-order valence-corrected chi connectivity index (χ0v) is 21.9. The van der Waals surface area contributed by atoms with Gasteiger partial charge in [-0.2, -0.15) is 0 Å². The Labute approximate surface area is 212 Å². The second-order valence-electron chi connectivity index (χ2n) is 10.9. The molecule has 1 spiro atoms. The minimum Gasteiger partial charge on any atom is -0.497 e. The molecule has 0 aromatic heterocycles. The van der Waals surface area contributed by atoms with Crippen LogP contribution >= 0.6 is 0 Å². The van der Waals surface area contributed by atoms with Gasteiger partial charge in [-0.05, 0) is 62.8 Å². The largest absolute Gasteiger partial charge is 0.497 e. The molecule has 2 bridgehead atoms. The van der Waals surface area contributed by atoms with E-state index in [9.17, 15) is 19.5 Å². The fraction of sp³-hybridized carbons (Fsp3) is 0.667. The van der Waals surface area contributed by atoms with E-state index in [0.717, 1.165) is 6.42 Å². The fourth-order valence-electron chi connectivity index (χ4n) is 6.52. The van der Waals surface area contributed by atoms with Crippen molar-refractivity contribution in [1.82, 2.24) is 10.2 Å². The number of hydrogen-bond acceptors (Lipinski definition) is 6. The molecule has 3 amide bonds. The van der Waals surface area contributed by atoms with Gasteiger partial charge in [0.25, 0.3) is 0 Å². The molecule has 3 N–H and O–H groups in total. The molecule has 3 fully saturated rings. The molecular formula is C27H39N3O6. The van der Waals surface area contributed by atoms with Crippen molar-refractivity contribution in [3.63, 3.8) is 0 Å². The summed E-state index contributed by atoms with van der Waals surface area (Å²) < 4.78 is 11.8. The monoisotopic (exact) mass is 501 g/mol. The van der Waals surface area contributed by atoms with Crippen LogP contribution < -0.4 is 15.4 Å². The van der Waals surface area contributed by atoms with Crippen LogP contribution in [0.15, 0.2) is 24.3 Å². The Balaban J connectivity index is 1.74. The predicted molar refractivity (Wildman–Crippen MR) is 134 cm³/mol. The van der Waals surface area contributed by atoms with E-state index >= 15 is 0 Å². The molecule has 3 saturated heterocycles. The van der Waals surface area contributed by atoms with E-state index in [1.165, 1.54) is 4.90 Å². The number of hydrogen-bond donors (Lipinski definition) is 3. The fourth-order valence-corrected chi connectivity index (χ4v) is 6.52. The van der Waals surface area contributed by atoms with Crippen molar-refractivity contribution in [2.75, 3.05) is 25.6 Å². The molecule has 1 aromatic rings. The maximum atomic E-state index is 14.1. The van der Waals surface area contributed by atoms with Gasteiger partial charge in [-0.25, -0.2) is 0 Å². The average molecular weight is 502 g/mol. The average Bonchev–Trinajstić information content (AvgIpc) is 3.42. The number of nitrogens with one attached hydrogen (secondary N) is 2. The number of benzene rings is 1. The van der Waals surface area contributed by atoms with Crippen molar-refractivity contribution in [1.29, 1.82) is 0 Å². The van der Waals surface area contributed by atoms with Crippen molar-refractivity contribution in [3.05, 3.63) is 24.3 Å². The number of fused-ring (bicyclic) bond motifs is 1. The number of likely N-dealkylation sites (tertiary alicyclic amines) is 1. The summed E-state index contributed by atoms with van der Waals surface area (Å²) in [5.41, 5.74) is -1.38. The van der Waals surface area contributed by atoms with E-state index in [4.69, 9.17) is 9.47 Å². The van der Waals surface area contributed by atoms with Crippen molar-refractivity contribution < 1.29 is 29.0 Å². The van der Waals surface area contributed by atoms with Crippen molar-refractivity contribution >= 4 is 23.4 Å². The summed E-state index contributed by atoms with van der Waals surface area (Å²) >= 11 is 0. The third-order valence-electron chi connectivity index (χ3n) is 8.00. The standard InChI is InChI=1S/C27H39N3O6/c1-6-13-28-23(32)20-21-25(34)30(18(15-31)14-16(2)3)22(27(21)12-11-26(20,4)36-27)24(33)29-17-7-9-19(35-5)10-8-17/h7-10,16,18,20-22,31H,6,11-15H2,1-5H3,(H,28,32)(H,29,33)/t18-,20+,21+,22?,26-,27?/m1/s1. The SMILES string of the molecule is CCCNC(=O)[C@@H]1[C@H]2C(=O)N([C@@H](CO)CC(C)C)C(C(=O)Nc3ccc(OC)cc3)C23CC[C@@]1(C)O3. The third-order valence-corrected chi connectivity index (χ3v) is 8.00. The highest BCUT2D eigenvalue weighted by Gasteiger charge is 2.78. The number of carbonyl (C=O) groups is 3. The number of aliphatic hydroxyl groups excluding tert-OH is 1. The summed E-state index contributed by atoms with van der Waals surface area (Å²) in [6.07, 6.45) is 2.38. The minimum atomic E-state index is -1.12. The van der Waals surface area contributed by atoms with Crippen molar-refractivity contribution in [2.24, 2.45) is 17.8 Å². The first-order valence-corrected chi connectivity index (χ1v) is 13.0. The van der Waals surface area contributed by atoms with Crippen LogP contribution in [-0.4, -0.2) is 71.3 Å². The Morgan fingerprint density at radius 3 is 2.50 bits per heavy atom. The number of carbonyl (C=O) groups excluding carboxylic acids is 3. The first kappa shape index (κ1) is 26.4. The van der Waals surface area contributed by atoms with Gasteiger partial charge < -0.3 is 30.1 Å². The molecule has 36 heavy (non-hydrogen) atoms. The molecule has 0 saturated carbocycles. The first-order chi connectivity index (χ1) is 17.1. The molecule has 6 atom stereocenters. The normalized spacial score (nSPS) is 31.5. The van der Waals surface area contributed by atoms with E-state index in [0.29, 0.717) is 37.2 Å². The molecule has 4 rings (SSSR count). The highest BCUT2D eigenvalue weighted by molar-refractivity contribution is 6.04. The molecule has 0 aliphatic carbocycles. The van der Waals surface area contributed by atoms with Gasteiger partial charge in [0.1, 0.15) is 17.4 Å². The zero-order chi connectivity index (χ0) is 26.3. The van der Waals surface area contributed by atoms with Gasteiger partial charge in [0.15, 0.2) is 0 Å². The lowest BCUT2D eigenvalue weighted by molar-refractivity contribution is -0.148. The van der Waals surface area contributed by atoms with E-state index in [1.54, 1.807) is 31.4 Å². The lowest BCUT2D eigenvalue weighted by Crippen LogP contribution is -2.56. The summed E-state index contributed by atoms with van der Waals surface area (Å²) in [5, 5.41) is 16.2. The van der Waals surface area contributed by atoms with Gasteiger partial charge in [0, 0.05) is 12.2 Å². The molecule has 1 aromatic carbocycles. The summed E-state index contributed by atoms with van der Waals surface area (Å²) in [7, 11) is 1.57. The summed E-state index contributed by atoms with van der Waals surface area (Å²) in [6.45, 7) is 8.11. The van der Waals surface area contributed by atoms with Gasteiger partial charge in [0.2, 0.25) is 17.7 Å². The van der Waals surface area contributed by atoms with Gasteiger partial charge >= 0.3 is 0 Å². The van der Waals surface area contributed by atoms with Crippen molar-refractivity contribution in [2.45, 2.75) is 76.7 Å².